The van der Waals surface area contributed by atoms with Gasteiger partial charge >= 0.3 is 0 Å². The summed E-state index contributed by atoms with van der Waals surface area (Å²) in [7, 11) is 0. The molecule has 0 radical (unpaired) electrons. The molecule has 1 N–H and O–H groups in total. The second kappa shape index (κ2) is 5.92. The minimum atomic E-state index is 0.228. The van der Waals surface area contributed by atoms with Crippen LogP contribution in [-0.2, 0) is 11.3 Å². The lowest BCUT2D eigenvalue weighted by molar-refractivity contribution is -0.129. The Labute approximate surface area is 143 Å². The number of H-pyrrole nitrogens is 1. The Kier molecular flexibility index (Phi) is 3.87. The highest BCUT2D eigenvalue weighted by atomic mass is 16.2. The number of fused-ring (bicyclic) bond motifs is 5. The maximum Gasteiger partial charge on any atom is 0.219 e. The first-order valence-corrected chi connectivity index (χ1v) is 9.09. The third-order valence-electron chi connectivity index (χ3n) is 6.08. The zero-order chi connectivity index (χ0) is 16.8. The van der Waals surface area contributed by atoms with Gasteiger partial charge in [-0.3, -0.25) is 9.69 Å². The number of benzene rings is 1. The van der Waals surface area contributed by atoms with Gasteiger partial charge in [0.15, 0.2) is 0 Å². The van der Waals surface area contributed by atoms with E-state index in [9.17, 15) is 4.79 Å². The lowest BCUT2D eigenvalue weighted by Gasteiger charge is -2.36. The number of aryl methyl sites for hydroxylation is 2. The third-order valence-corrected chi connectivity index (χ3v) is 6.08. The maximum absolute atomic E-state index is 11.9. The quantitative estimate of drug-likeness (QED) is 0.921. The number of amides is 1. The Morgan fingerprint density at radius 3 is 2.83 bits per heavy atom. The van der Waals surface area contributed by atoms with Gasteiger partial charge in [0, 0.05) is 50.2 Å². The highest BCUT2D eigenvalue weighted by molar-refractivity contribution is 5.87. The average molecular weight is 325 g/mol. The largest absolute Gasteiger partial charge is 0.358 e. The third kappa shape index (κ3) is 2.63. The van der Waals surface area contributed by atoms with Crippen molar-refractivity contribution in [2.45, 2.75) is 46.2 Å². The molecule has 0 saturated carbocycles. The molecule has 1 aromatic carbocycles. The minimum absolute atomic E-state index is 0.228. The highest BCUT2D eigenvalue weighted by Gasteiger charge is 2.35. The number of rotatable bonds is 2. The predicted molar refractivity (Wildman–Crippen MR) is 96.9 cm³/mol. The first-order chi connectivity index (χ1) is 11.5. The zero-order valence-corrected chi connectivity index (χ0v) is 14.9. The minimum Gasteiger partial charge on any atom is -0.358 e. The Bertz CT molecular complexity index is 779. The molecule has 128 valence electrons. The van der Waals surface area contributed by atoms with E-state index in [2.05, 4.69) is 46.8 Å². The SMILES string of the molecule is CC(=O)N1C[C@@H]2CC[C@H](C1)N(Cc1cccc3c(C)c(C)[nH]c13)C2. The summed E-state index contributed by atoms with van der Waals surface area (Å²) in [6.45, 7) is 9.97. The maximum atomic E-state index is 11.9. The van der Waals surface area contributed by atoms with E-state index in [4.69, 9.17) is 0 Å². The molecule has 24 heavy (non-hydrogen) atoms. The highest BCUT2D eigenvalue weighted by Crippen LogP contribution is 2.31. The van der Waals surface area contributed by atoms with E-state index in [0.717, 1.165) is 26.2 Å². The van der Waals surface area contributed by atoms with Crippen LogP contribution in [0.5, 0.6) is 0 Å². The van der Waals surface area contributed by atoms with Crippen LogP contribution in [0.4, 0.5) is 0 Å². The fourth-order valence-corrected chi connectivity index (χ4v) is 4.52. The van der Waals surface area contributed by atoms with E-state index in [-0.39, 0.29) is 5.91 Å². The van der Waals surface area contributed by atoms with Crippen molar-refractivity contribution in [3.63, 3.8) is 0 Å². The molecule has 0 aliphatic carbocycles. The number of para-hydroxylation sites is 1. The van der Waals surface area contributed by atoms with Crippen LogP contribution in [-0.4, -0.2) is 46.4 Å². The fourth-order valence-electron chi connectivity index (χ4n) is 4.52. The molecule has 0 spiro atoms. The van der Waals surface area contributed by atoms with E-state index in [1.807, 2.05) is 0 Å². The summed E-state index contributed by atoms with van der Waals surface area (Å²) in [4.78, 5) is 20.1. The number of nitrogens with one attached hydrogen (secondary N) is 1. The van der Waals surface area contributed by atoms with Gasteiger partial charge in [0.2, 0.25) is 5.91 Å². The molecule has 3 saturated heterocycles. The average Bonchev–Trinajstić information content (AvgIpc) is 2.74. The van der Waals surface area contributed by atoms with E-state index < -0.39 is 0 Å². The normalized spacial score (nSPS) is 24.5. The van der Waals surface area contributed by atoms with E-state index >= 15 is 0 Å². The van der Waals surface area contributed by atoms with Crippen LogP contribution in [0.1, 0.15) is 36.6 Å². The Morgan fingerprint density at radius 1 is 1.21 bits per heavy atom. The van der Waals surface area contributed by atoms with Crippen molar-refractivity contribution in [2.24, 2.45) is 5.92 Å². The number of carbonyl (C=O) groups is 1. The summed E-state index contributed by atoms with van der Waals surface area (Å²) in [6.07, 6.45) is 2.48. The van der Waals surface area contributed by atoms with Gasteiger partial charge in [-0.05, 0) is 43.7 Å². The standard InChI is InChI=1S/C20H27N3O/c1-13-14(2)21-20-17(5-4-6-19(13)20)11-23-10-16-7-8-18(23)12-22(9-16)15(3)24/h4-6,16,18,21H,7-12H2,1-3H3/t16-,18+/m0/s1. The second-order valence-corrected chi connectivity index (χ2v) is 7.67. The van der Waals surface area contributed by atoms with Crippen molar-refractivity contribution in [1.29, 1.82) is 0 Å². The summed E-state index contributed by atoms with van der Waals surface area (Å²) in [5.41, 5.74) is 5.28. The fraction of sp³-hybridized carbons (Fsp3) is 0.550. The summed E-state index contributed by atoms with van der Waals surface area (Å²) >= 11 is 0. The van der Waals surface area contributed by atoms with Crippen molar-refractivity contribution in [2.75, 3.05) is 19.6 Å². The number of aromatic nitrogens is 1. The summed E-state index contributed by atoms with van der Waals surface area (Å²) < 4.78 is 0. The van der Waals surface area contributed by atoms with Gasteiger partial charge in [0.25, 0.3) is 0 Å². The van der Waals surface area contributed by atoms with Crippen molar-refractivity contribution < 1.29 is 4.79 Å². The number of carbonyl (C=O) groups excluding carboxylic acids is 1. The van der Waals surface area contributed by atoms with Crippen LogP contribution in [0.25, 0.3) is 10.9 Å². The van der Waals surface area contributed by atoms with Crippen molar-refractivity contribution in [3.8, 4) is 0 Å². The van der Waals surface area contributed by atoms with Gasteiger partial charge in [0.1, 0.15) is 0 Å². The molecule has 1 aromatic heterocycles. The van der Waals surface area contributed by atoms with Gasteiger partial charge in [0.05, 0.1) is 5.52 Å². The van der Waals surface area contributed by atoms with Crippen LogP contribution < -0.4 is 0 Å². The molecule has 2 aromatic rings. The molecule has 5 rings (SSSR count). The first kappa shape index (κ1) is 15.7. The monoisotopic (exact) mass is 325 g/mol. The molecule has 4 nitrogen and oxygen atoms in total. The molecule has 2 bridgehead atoms. The Hall–Kier alpha value is -1.81. The van der Waals surface area contributed by atoms with Crippen LogP contribution in [0.2, 0.25) is 0 Å². The number of aromatic amines is 1. The molecule has 1 amide bonds. The molecule has 3 aliphatic heterocycles. The molecule has 0 unspecified atom stereocenters. The first-order valence-electron chi connectivity index (χ1n) is 9.09. The van der Waals surface area contributed by atoms with Gasteiger partial charge < -0.3 is 9.88 Å². The van der Waals surface area contributed by atoms with Crippen molar-refractivity contribution in [3.05, 3.63) is 35.0 Å². The van der Waals surface area contributed by atoms with Gasteiger partial charge in [-0.2, -0.15) is 0 Å². The van der Waals surface area contributed by atoms with Crippen LogP contribution >= 0.6 is 0 Å². The molecule has 4 heterocycles. The number of hydrogen-bond donors (Lipinski definition) is 1. The van der Waals surface area contributed by atoms with Gasteiger partial charge in [-0.25, -0.2) is 0 Å². The Morgan fingerprint density at radius 2 is 2.04 bits per heavy atom. The number of nitrogens with zero attached hydrogens (tertiary/aromatic N) is 2. The molecule has 4 heteroatoms. The van der Waals surface area contributed by atoms with Gasteiger partial charge in [-0.1, -0.05) is 18.2 Å². The van der Waals surface area contributed by atoms with Gasteiger partial charge in [-0.15, -0.1) is 0 Å². The lowest BCUT2D eigenvalue weighted by atomic mass is 9.94. The molecular formula is C20H27N3O. The van der Waals surface area contributed by atoms with E-state index in [1.54, 1.807) is 6.92 Å². The van der Waals surface area contributed by atoms with Crippen LogP contribution in [0.15, 0.2) is 18.2 Å². The van der Waals surface area contributed by atoms with Crippen molar-refractivity contribution >= 4 is 16.8 Å². The summed E-state index contributed by atoms with van der Waals surface area (Å²) in [5, 5.41) is 1.34. The molecular weight excluding hydrogens is 298 g/mol. The smallest absolute Gasteiger partial charge is 0.219 e. The second-order valence-electron chi connectivity index (χ2n) is 7.67. The predicted octanol–water partition coefficient (Wildman–Crippen LogP) is 3.23. The number of piperidine rings is 1. The lowest BCUT2D eigenvalue weighted by Crippen LogP contribution is -2.43. The molecule has 2 atom stereocenters. The topological polar surface area (TPSA) is 39.3 Å². The summed E-state index contributed by atoms with van der Waals surface area (Å²) in [6, 6.07) is 7.14. The van der Waals surface area contributed by atoms with E-state index in [1.165, 1.54) is 40.6 Å². The van der Waals surface area contributed by atoms with Crippen LogP contribution in [0.3, 0.4) is 0 Å². The molecule has 3 fully saturated rings. The number of hydrogen-bond acceptors (Lipinski definition) is 2. The summed E-state index contributed by atoms with van der Waals surface area (Å²) in [5.74, 6) is 0.852. The Balaban J connectivity index is 1.62. The van der Waals surface area contributed by atoms with Crippen LogP contribution in [0, 0.1) is 19.8 Å². The van der Waals surface area contributed by atoms with E-state index in [0.29, 0.717) is 12.0 Å². The molecule has 3 aliphatic rings. The zero-order valence-electron chi connectivity index (χ0n) is 14.9. The van der Waals surface area contributed by atoms with Crippen molar-refractivity contribution in [1.82, 2.24) is 14.8 Å².